The van der Waals surface area contributed by atoms with Gasteiger partial charge in [0.2, 0.25) is 0 Å². The van der Waals surface area contributed by atoms with Gasteiger partial charge in [0.15, 0.2) is 0 Å². The summed E-state index contributed by atoms with van der Waals surface area (Å²) in [5.74, 6) is 0. The average molecular weight is 1970 g/mol. The van der Waals surface area contributed by atoms with Gasteiger partial charge in [0.25, 0.3) is 0 Å². The molecule has 0 N–H and O–H groups in total. The van der Waals surface area contributed by atoms with E-state index in [0.717, 1.165) is 0 Å². The standard InChI is InChI=1S/27O.2Sb.9Sn.2Ti.2Zn/q;;;;;;;;;18*-1;2*+3;;;;;;;;;;2*+4;2*+2. The third-order valence-electron chi connectivity index (χ3n) is 0. The van der Waals surface area contributed by atoms with E-state index in [4.69, 9.17) is 89.7 Å². The molecule has 0 unspecified atom stereocenters. The molecule has 4 radical (unpaired) electrons. The zero-order chi connectivity index (χ0) is 32.2. The number of rotatable bonds is 0. The molecule has 0 saturated heterocycles. The first-order valence-electron chi connectivity index (χ1n) is 5.51. The van der Waals surface area contributed by atoms with Crippen LogP contribution in [0.2, 0.25) is 0 Å². The molecular formula is O27Sb2Sn9Ti2Zn2. The normalized spacial score (nSPS) is 5.57. The molecule has 0 saturated carbocycles. The van der Waals surface area contributed by atoms with Gasteiger partial charge in [-0.05, 0) is 0 Å². The molecule has 0 rings (SSSR count). The molecule has 0 amide bonds. The second-order valence-corrected chi connectivity index (χ2v) is 15.1. The first kappa shape index (κ1) is 98.4. The van der Waals surface area contributed by atoms with Gasteiger partial charge in [0.1, 0.15) is 0 Å². The summed E-state index contributed by atoms with van der Waals surface area (Å²) in [6.45, 7) is 0. The van der Waals surface area contributed by atoms with Crippen molar-refractivity contribution in [2.75, 3.05) is 0 Å². The smallest absolute Gasteiger partial charge is 2.00 e. The van der Waals surface area contributed by atoms with Crippen molar-refractivity contribution in [2.24, 2.45) is 0 Å². The van der Waals surface area contributed by atoms with Crippen LogP contribution >= 0.6 is 0 Å². The predicted molar refractivity (Wildman–Crippen MR) is 69.5 cm³/mol. The van der Waals surface area contributed by atoms with Crippen LogP contribution in [0.3, 0.4) is 0 Å². The summed E-state index contributed by atoms with van der Waals surface area (Å²) in [6, 6.07) is 0. The molecule has 0 bridgehead atoms. The summed E-state index contributed by atoms with van der Waals surface area (Å²) in [5, 5.41) is 0. The van der Waals surface area contributed by atoms with E-state index >= 15 is 0 Å². The minimum Gasteiger partial charge on any atom is 2.00 e. The fraction of sp³-hybridized carbons (Fsp3) is 0. The Morgan fingerprint density at radius 2 is 0.214 bits per heavy atom. The van der Waals surface area contributed by atoms with Gasteiger partial charge in [-0.3, -0.25) is 0 Å². The Morgan fingerprint density at radius 1 is 0.214 bits per heavy atom. The molecule has 42 heteroatoms. The molecule has 42 heavy (non-hydrogen) atoms. The molecule has 0 spiro atoms. The Hall–Kier alpha value is 8.98. The molecule has 0 aromatic rings. The van der Waals surface area contributed by atoms with Gasteiger partial charge in [-0.2, -0.15) is 0 Å². The molecule has 0 atom stereocenters. The quantitative estimate of drug-likeness (QED) is 0.203. The van der Waals surface area contributed by atoms with Gasteiger partial charge in [0.05, 0.1) is 0 Å². The third kappa shape index (κ3) is 1400. The summed E-state index contributed by atoms with van der Waals surface area (Å²) < 4.78 is 233. The maximum absolute atomic E-state index is 8.61. The molecule has 27 nitrogen and oxygen atoms in total. The maximum atomic E-state index is 8.61. The largest absolute Gasteiger partial charge is 4.00 e. The Bertz CT molecular complexity index is 442. The molecule has 0 heterocycles. The number of hydrogen-bond donors (Lipinski definition) is 0. The van der Waals surface area contributed by atoms with Crippen LogP contribution in [0.25, 0.3) is 0 Å². The minimum absolute atomic E-state index is 0. The van der Waals surface area contributed by atoms with Crippen LogP contribution in [-0.4, -0.2) is 234 Å². The summed E-state index contributed by atoms with van der Waals surface area (Å²) in [5.41, 5.74) is 0. The maximum Gasteiger partial charge on any atom is 4.00 e. The second-order valence-electron chi connectivity index (χ2n) is 2.25. The van der Waals surface area contributed by atoms with Crippen LogP contribution in [0.15, 0.2) is 0 Å². The molecule has 0 aliphatic carbocycles. The van der Waals surface area contributed by atoms with E-state index in [-0.39, 0.29) is 131 Å². The van der Waals surface area contributed by atoms with Crippen LogP contribution in [0, 0.1) is 0 Å². The molecule has 0 fully saturated rings. The zero-order valence-corrected chi connectivity index (χ0v) is 58.7. The second kappa shape index (κ2) is 92.6. The Labute approximate surface area is 396 Å². The average Bonchev–Trinajstić information content (AvgIpc) is 2.39. The van der Waals surface area contributed by atoms with Gasteiger partial charge in [-0.1, -0.05) is 0 Å². The zero-order valence-electron chi connectivity index (χ0n) is 18.8. The summed E-state index contributed by atoms with van der Waals surface area (Å²) >= 11 is -38.6. The van der Waals surface area contributed by atoms with Gasteiger partial charge in [-0.25, -0.2) is 0 Å². The van der Waals surface area contributed by atoms with E-state index in [2.05, 4.69) is 0 Å². The summed E-state index contributed by atoms with van der Waals surface area (Å²) in [7, 11) is 0. The van der Waals surface area contributed by atoms with Crippen LogP contribution in [0.5, 0.6) is 0 Å². The van der Waals surface area contributed by atoms with E-state index in [1.807, 2.05) is 0 Å². The summed E-state index contributed by atoms with van der Waals surface area (Å²) in [4.78, 5) is 0. The Kier molecular flexibility index (Phi) is 217. The van der Waals surface area contributed by atoms with E-state index in [0.29, 0.717) is 0 Å². The third-order valence-corrected chi connectivity index (χ3v) is 0. The van der Waals surface area contributed by atoms with Crippen molar-refractivity contribution in [3.8, 4) is 0 Å². The van der Waals surface area contributed by atoms with E-state index < -0.39 is 185 Å². The van der Waals surface area contributed by atoms with Crippen molar-refractivity contribution >= 4 is 234 Å². The summed E-state index contributed by atoms with van der Waals surface area (Å²) in [6.07, 6.45) is 0. The van der Waals surface area contributed by atoms with Gasteiger partial charge < -0.3 is 0 Å². The molecular weight excluding hydrogens is 1970 g/mol. The fourth-order valence-electron chi connectivity index (χ4n) is 0. The number of hydrogen-bond acceptors (Lipinski definition) is 27. The van der Waals surface area contributed by atoms with E-state index in [9.17, 15) is 0 Å². The van der Waals surface area contributed by atoms with Crippen molar-refractivity contribution in [1.82, 2.24) is 0 Å². The van der Waals surface area contributed by atoms with Gasteiger partial charge in [0, 0.05) is 0 Å². The predicted octanol–water partition coefficient (Wildman–Crippen LogP) is -26.7. The van der Waals surface area contributed by atoms with Crippen molar-refractivity contribution in [1.29, 1.82) is 0 Å². The Morgan fingerprint density at radius 3 is 0.214 bits per heavy atom. The van der Waals surface area contributed by atoms with Crippen molar-refractivity contribution < 1.29 is 172 Å². The van der Waals surface area contributed by atoms with E-state index in [1.54, 1.807) is 0 Å². The SMILES string of the molecule is [O]=[Sn]([O-])[O-].[O]=[Sn]([O-])[O-].[O]=[Sn]([O-])[O-].[O]=[Sn]([O-])[O-].[O]=[Sn]([O-])[O-].[O]=[Sn]([O-])[O-].[O]=[Sn]([O-])[O-].[O]=[Sn]([O-])[O-].[O]=[Sn]([O-])[O-].[Sb+3].[Sb+3].[Ti+4].[Ti+4].[Zn+2].[Zn+2]. The molecule has 0 aromatic carbocycles. The molecule has 0 aliphatic heterocycles. The molecule has 0 aromatic heterocycles. The minimum atomic E-state index is -4.29. The molecule has 0 aliphatic rings. The van der Waals surface area contributed by atoms with Crippen LogP contribution in [0.1, 0.15) is 0 Å². The van der Waals surface area contributed by atoms with Crippen LogP contribution in [0.4, 0.5) is 0 Å². The van der Waals surface area contributed by atoms with Crippen molar-refractivity contribution in [2.45, 2.75) is 0 Å². The first-order valence-corrected chi connectivity index (χ1v) is 37.0. The first-order chi connectivity index (χ1) is 15.6. The van der Waals surface area contributed by atoms with Crippen molar-refractivity contribution in [3.05, 3.63) is 0 Å². The monoisotopic (exact) mass is 1980 g/mol. The van der Waals surface area contributed by atoms with Crippen LogP contribution < -0.4 is 62.0 Å². The van der Waals surface area contributed by atoms with Crippen LogP contribution in [-0.2, 0) is 110 Å². The molecule has 220 valence electrons. The van der Waals surface area contributed by atoms with Crippen molar-refractivity contribution in [3.63, 3.8) is 0 Å². The fourth-order valence-corrected chi connectivity index (χ4v) is 0. The van der Waals surface area contributed by atoms with Gasteiger partial charge >= 0.3 is 406 Å². The van der Waals surface area contributed by atoms with E-state index in [1.165, 1.54) is 0 Å². The Balaban J connectivity index is -0.0000000148. The topological polar surface area (TPSA) is 569 Å². The van der Waals surface area contributed by atoms with Gasteiger partial charge in [-0.15, -0.1) is 0 Å².